The minimum absolute atomic E-state index is 0.377. The van der Waals surface area contributed by atoms with Crippen LogP contribution in [-0.2, 0) is 4.74 Å². The number of esters is 1. The maximum atomic E-state index is 13.1. The van der Waals surface area contributed by atoms with E-state index in [0.717, 1.165) is 11.1 Å². The number of hydrogen-bond donors (Lipinski definition) is 1. The fraction of sp³-hybridized carbons (Fsp3) is 0.100. The lowest BCUT2D eigenvalue weighted by molar-refractivity contribution is -0.00675. The molecular weight excluding hydrogens is 479 g/mol. The maximum Gasteiger partial charge on any atom is 0.338 e. The summed E-state index contributed by atoms with van der Waals surface area (Å²) < 4.78 is 6.06. The maximum absolute atomic E-state index is 13.1. The predicted octanol–water partition coefficient (Wildman–Crippen LogP) is 7.95. The Kier molecular flexibility index (Phi) is 8.38. The molecule has 1 N–H and O–H groups in total. The second-order valence-corrected chi connectivity index (χ2v) is 8.96. The van der Waals surface area contributed by atoms with Crippen LogP contribution in [-0.4, -0.2) is 11.1 Å². The third kappa shape index (κ3) is 6.61. The lowest BCUT2D eigenvalue weighted by Gasteiger charge is -2.29. The number of hydrogen-bond acceptors (Lipinski definition) is 3. The van der Waals surface area contributed by atoms with Crippen molar-refractivity contribution in [1.82, 2.24) is 0 Å². The number of carbonyl (C=O) groups is 1. The standard InChI is InChI=1S/C30H24Cl2O3/c31-25-16-12-22(13-17-25)28(33)27(20-11-21-7-3-1-4-8-21)29(23-9-5-2-6-10-23)35-30(34)24-14-18-26(32)19-15-24/h1-20,27-29,33H/b20-11+/t27-,28-,29-/m1/s1. The van der Waals surface area contributed by atoms with E-state index in [9.17, 15) is 9.90 Å². The molecule has 0 fully saturated rings. The molecule has 0 aromatic heterocycles. The Bertz CT molecular complexity index is 1250. The van der Waals surface area contributed by atoms with Gasteiger partial charge in [-0.15, -0.1) is 0 Å². The van der Waals surface area contributed by atoms with Crippen LogP contribution in [0.2, 0.25) is 10.0 Å². The summed E-state index contributed by atoms with van der Waals surface area (Å²) in [5.74, 6) is -1.09. The van der Waals surface area contributed by atoms with Crippen LogP contribution in [0.4, 0.5) is 0 Å². The molecule has 0 saturated carbocycles. The van der Waals surface area contributed by atoms with Gasteiger partial charge in [-0.05, 0) is 53.1 Å². The van der Waals surface area contributed by atoms with E-state index in [-0.39, 0.29) is 0 Å². The SMILES string of the molecule is O=C(O[C@H](c1ccccc1)[C@H](/C=C/c1ccccc1)[C@H](O)c1ccc(Cl)cc1)c1ccc(Cl)cc1. The number of halogens is 2. The summed E-state index contributed by atoms with van der Waals surface area (Å²) in [7, 11) is 0. The monoisotopic (exact) mass is 502 g/mol. The largest absolute Gasteiger partial charge is 0.453 e. The van der Waals surface area contributed by atoms with Crippen LogP contribution in [0, 0.1) is 5.92 Å². The summed E-state index contributed by atoms with van der Waals surface area (Å²) in [5.41, 5.74) is 2.78. The molecule has 0 aliphatic rings. The second kappa shape index (κ2) is 11.9. The number of carbonyl (C=O) groups excluding carboxylic acids is 1. The van der Waals surface area contributed by atoms with Crippen LogP contribution < -0.4 is 0 Å². The van der Waals surface area contributed by atoms with Crippen molar-refractivity contribution in [3.05, 3.63) is 148 Å². The number of benzene rings is 4. The van der Waals surface area contributed by atoms with E-state index in [1.165, 1.54) is 0 Å². The van der Waals surface area contributed by atoms with E-state index in [0.29, 0.717) is 21.2 Å². The van der Waals surface area contributed by atoms with Crippen molar-refractivity contribution in [3.63, 3.8) is 0 Å². The third-order valence-corrected chi connectivity index (χ3v) is 6.18. The van der Waals surface area contributed by atoms with Crippen molar-refractivity contribution >= 4 is 35.2 Å². The summed E-state index contributed by atoms with van der Waals surface area (Å²) in [6.45, 7) is 0. The van der Waals surface area contributed by atoms with Crippen LogP contribution in [0.15, 0.2) is 115 Å². The van der Waals surface area contributed by atoms with Gasteiger partial charge in [-0.2, -0.15) is 0 Å². The van der Waals surface area contributed by atoms with Gasteiger partial charge < -0.3 is 9.84 Å². The van der Waals surface area contributed by atoms with Gasteiger partial charge in [-0.3, -0.25) is 0 Å². The van der Waals surface area contributed by atoms with Crippen LogP contribution in [0.1, 0.15) is 39.3 Å². The molecule has 4 aromatic rings. The Balaban J connectivity index is 1.74. The van der Waals surface area contributed by atoms with E-state index in [4.69, 9.17) is 27.9 Å². The quantitative estimate of drug-likeness (QED) is 0.248. The molecule has 0 aliphatic heterocycles. The Morgan fingerprint density at radius 1 is 0.714 bits per heavy atom. The van der Waals surface area contributed by atoms with Crippen LogP contribution in [0.5, 0.6) is 0 Å². The highest BCUT2D eigenvalue weighted by molar-refractivity contribution is 6.30. The highest BCUT2D eigenvalue weighted by atomic mass is 35.5. The summed E-state index contributed by atoms with van der Waals surface area (Å²) in [6.07, 6.45) is 2.09. The lowest BCUT2D eigenvalue weighted by Crippen LogP contribution is -2.24. The van der Waals surface area contributed by atoms with E-state index < -0.39 is 24.1 Å². The van der Waals surface area contributed by atoms with Gasteiger partial charge in [-0.25, -0.2) is 4.79 Å². The van der Waals surface area contributed by atoms with E-state index in [1.54, 1.807) is 48.5 Å². The van der Waals surface area contributed by atoms with Crippen molar-refractivity contribution in [2.24, 2.45) is 5.92 Å². The molecule has 3 atom stereocenters. The molecule has 176 valence electrons. The fourth-order valence-corrected chi connectivity index (χ4v) is 4.07. The molecule has 0 saturated heterocycles. The first-order chi connectivity index (χ1) is 17.0. The topological polar surface area (TPSA) is 46.5 Å². The molecule has 35 heavy (non-hydrogen) atoms. The molecule has 0 unspecified atom stereocenters. The van der Waals surface area contributed by atoms with Crippen molar-refractivity contribution in [2.75, 3.05) is 0 Å². The molecule has 0 bridgehead atoms. The van der Waals surface area contributed by atoms with Gasteiger partial charge in [0.1, 0.15) is 6.10 Å². The van der Waals surface area contributed by atoms with Crippen LogP contribution in [0.3, 0.4) is 0 Å². The first-order valence-corrected chi connectivity index (χ1v) is 11.9. The van der Waals surface area contributed by atoms with Crippen molar-refractivity contribution in [2.45, 2.75) is 12.2 Å². The minimum Gasteiger partial charge on any atom is -0.453 e. The molecule has 0 amide bonds. The average molecular weight is 503 g/mol. The molecule has 0 radical (unpaired) electrons. The van der Waals surface area contributed by atoms with Gasteiger partial charge in [0.15, 0.2) is 0 Å². The highest BCUT2D eigenvalue weighted by Crippen LogP contribution is 2.38. The van der Waals surface area contributed by atoms with E-state index in [1.807, 2.05) is 72.8 Å². The summed E-state index contributed by atoms with van der Waals surface area (Å²) in [6, 6.07) is 32.8. The molecule has 0 spiro atoms. The van der Waals surface area contributed by atoms with Gasteiger partial charge in [0.25, 0.3) is 0 Å². The summed E-state index contributed by atoms with van der Waals surface area (Å²) >= 11 is 12.1. The number of aliphatic hydroxyl groups is 1. The average Bonchev–Trinajstić information content (AvgIpc) is 2.90. The van der Waals surface area contributed by atoms with Gasteiger partial charge in [0, 0.05) is 16.0 Å². The molecule has 0 aliphatic carbocycles. The summed E-state index contributed by atoms with van der Waals surface area (Å²) in [5, 5.41) is 12.6. The van der Waals surface area contributed by atoms with Crippen LogP contribution >= 0.6 is 23.2 Å². The lowest BCUT2D eigenvalue weighted by atomic mass is 9.86. The van der Waals surface area contributed by atoms with Crippen molar-refractivity contribution in [3.8, 4) is 0 Å². The first kappa shape index (κ1) is 24.7. The second-order valence-electron chi connectivity index (χ2n) is 8.09. The molecule has 4 rings (SSSR count). The highest BCUT2D eigenvalue weighted by Gasteiger charge is 2.32. The molecule has 3 nitrogen and oxygen atoms in total. The number of rotatable bonds is 8. The number of ether oxygens (including phenoxy) is 1. The summed E-state index contributed by atoms with van der Waals surface area (Å²) in [4.78, 5) is 13.1. The third-order valence-electron chi connectivity index (χ3n) is 5.68. The molecule has 5 heteroatoms. The Labute approximate surface area is 215 Å². The van der Waals surface area contributed by atoms with Gasteiger partial charge in [-0.1, -0.05) is 108 Å². The Hall–Kier alpha value is -3.37. The molecule has 0 heterocycles. The van der Waals surface area contributed by atoms with Crippen LogP contribution in [0.25, 0.3) is 6.08 Å². The zero-order valence-corrected chi connectivity index (χ0v) is 20.3. The van der Waals surface area contributed by atoms with E-state index in [2.05, 4.69) is 0 Å². The molecular formula is C30H24Cl2O3. The van der Waals surface area contributed by atoms with Gasteiger partial charge in [0.2, 0.25) is 0 Å². The number of aliphatic hydroxyl groups excluding tert-OH is 1. The van der Waals surface area contributed by atoms with Gasteiger partial charge in [0.05, 0.1) is 11.7 Å². The zero-order valence-electron chi connectivity index (χ0n) is 18.8. The Morgan fingerprint density at radius 3 is 1.86 bits per heavy atom. The normalized spacial score (nSPS) is 13.8. The van der Waals surface area contributed by atoms with Gasteiger partial charge >= 0.3 is 5.97 Å². The minimum atomic E-state index is -0.963. The smallest absolute Gasteiger partial charge is 0.338 e. The molecule has 4 aromatic carbocycles. The fourth-order valence-electron chi connectivity index (χ4n) is 3.82. The van der Waals surface area contributed by atoms with Crippen molar-refractivity contribution in [1.29, 1.82) is 0 Å². The Morgan fingerprint density at radius 2 is 1.26 bits per heavy atom. The van der Waals surface area contributed by atoms with E-state index >= 15 is 0 Å². The first-order valence-electron chi connectivity index (χ1n) is 11.2. The van der Waals surface area contributed by atoms with Crippen molar-refractivity contribution < 1.29 is 14.6 Å². The predicted molar refractivity (Wildman–Crippen MR) is 141 cm³/mol. The zero-order chi connectivity index (χ0) is 24.6.